The Morgan fingerprint density at radius 1 is 1.39 bits per heavy atom. The summed E-state index contributed by atoms with van der Waals surface area (Å²) in [5.74, 6) is -0.157. The van der Waals surface area contributed by atoms with E-state index in [0.717, 1.165) is 29.4 Å². The van der Waals surface area contributed by atoms with Crippen LogP contribution in [0.15, 0.2) is 22.7 Å². The molecule has 0 aromatic heterocycles. The lowest BCUT2D eigenvalue weighted by molar-refractivity contribution is 0.159. The van der Waals surface area contributed by atoms with Crippen LogP contribution in [-0.2, 0) is 6.42 Å². The van der Waals surface area contributed by atoms with Gasteiger partial charge in [0.15, 0.2) is 0 Å². The summed E-state index contributed by atoms with van der Waals surface area (Å²) in [5, 5.41) is 3.66. The maximum atomic E-state index is 13.4. The van der Waals surface area contributed by atoms with E-state index in [4.69, 9.17) is 0 Å². The van der Waals surface area contributed by atoms with Crippen molar-refractivity contribution in [3.63, 3.8) is 0 Å². The van der Waals surface area contributed by atoms with Gasteiger partial charge in [0, 0.05) is 10.0 Å². The molecule has 1 saturated heterocycles. The van der Waals surface area contributed by atoms with E-state index in [2.05, 4.69) is 42.0 Å². The first-order valence-electron chi connectivity index (χ1n) is 6.53. The van der Waals surface area contributed by atoms with Gasteiger partial charge in [-0.3, -0.25) is 0 Å². The highest BCUT2D eigenvalue weighted by Crippen LogP contribution is 2.41. The average molecular weight is 314 g/mol. The summed E-state index contributed by atoms with van der Waals surface area (Å²) in [6, 6.07) is 4.95. The second-order valence-corrected chi connectivity index (χ2v) is 7.13. The van der Waals surface area contributed by atoms with Crippen LogP contribution in [-0.4, -0.2) is 12.1 Å². The third-order valence-corrected chi connectivity index (χ3v) is 4.95. The first-order chi connectivity index (χ1) is 8.34. The van der Waals surface area contributed by atoms with Gasteiger partial charge >= 0.3 is 0 Å². The van der Waals surface area contributed by atoms with Gasteiger partial charge in [0.1, 0.15) is 5.82 Å². The van der Waals surface area contributed by atoms with Gasteiger partial charge in [0.05, 0.1) is 0 Å². The lowest BCUT2D eigenvalue weighted by Crippen LogP contribution is -2.52. The number of halogens is 2. The van der Waals surface area contributed by atoms with E-state index in [1.54, 1.807) is 12.1 Å². The maximum absolute atomic E-state index is 13.4. The van der Waals surface area contributed by atoms with Crippen molar-refractivity contribution in [2.45, 2.75) is 45.6 Å². The number of rotatable bonds is 2. The fraction of sp³-hybridized carbons (Fsp3) is 0.600. The van der Waals surface area contributed by atoms with Gasteiger partial charge in [-0.2, -0.15) is 0 Å². The summed E-state index contributed by atoms with van der Waals surface area (Å²) in [4.78, 5) is 0. The normalized spacial score (nSPS) is 24.5. The Labute approximate surface area is 117 Å². The Kier molecular flexibility index (Phi) is 3.84. The summed E-state index contributed by atoms with van der Waals surface area (Å²) < 4.78 is 14.4. The number of benzene rings is 1. The zero-order chi connectivity index (χ0) is 13.4. The van der Waals surface area contributed by atoms with Crippen molar-refractivity contribution in [2.75, 3.05) is 6.54 Å². The molecule has 1 aliphatic heterocycles. The van der Waals surface area contributed by atoms with Gasteiger partial charge < -0.3 is 5.32 Å². The molecule has 1 atom stereocenters. The van der Waals surface area contributed by atoms with Gasteiger partial charge in [0.2, 0.25) is 0 Å². The van der Waals surface area contributed by atoms with Crippen LogP contribution in [0.1, 0.15) is 39.2 Å². The van der Waals surface area contributed by atoms with Crippen molar-refractivity contribution < 1.29 is 4.39 Å². The monoisotopic (exact) mass is 313 g/mol. The molecule has 0 radical (unpaired) electrons. The molecule has 0 aliphatic carbocycles. The second kappa shape index (κ2) is 4.93. The Balaban J connectivity index is 2.32. The van der Waals surface area contributed by atoms with Crippen molar-refractivity contribution >= 4 is 15.9 Å². The molecule has 0 spiro atoms. The Bertz CT molecular complexity index is 431. The van der Waals surface area contributed by atoms with Crippen LogP contribution >= 0.6 is 15.9 Å². The van der Waals surface area contributed by atoms with Gasteiger partial charge in [-0.15, -0.1) is 0 Å². The minimum atomic E-state index is -0.157. The van der Waals surface area contributed by atoms with Crippen LogP contribution in [0, 0.1) is 11.2 Å². The average Bonchev–Trinajstić information content (AvgIpc) is 2.72. The van der Waals surface area contributed by atoms with E-state index < -0.39 is 0 Å². The van der Waals surface area contributed by atoms with Gasteiger partial charge in [0.25, 0.3) is 0 Å². The topological polar surface area (TPSA) is 12.0 Å². The van der Waals surface area contributed by atoms with Crippen LogP contribution in [0.2, 0.25) is 0 Å². The molecule has 1 N–H and O–H groups in total. The third kappa shape index (κ3) is 2.62. The Hall–Kier alpha value is -0.410. The zero-order valence-electron chi connectivity index (χ0n) is 11.3. The van der Waals surface area contributed by atoms with Crippen LogP contribution in [0.3, 0.4) is 0 Å². The minimum Gasteiger partial charge on any atom is -0.310 e. The fourth-order valence-electron chi connectivity index (χ4n) is 2.87. The molecule has 1 fully saturated rings. The van der Waals surface area contributed by atoms with Crippen LogP contribution in [0.5, 0.6) is 0 Å². The summed E-state index contributed by atoms with van der Waals surface area (Å²) in [7, 11) is 0. The molecule has 1 aromatic carbocycles. The summed E-state index contributed by atoms with van der Waals surface area (Å²) in [6.07, 6.45) is 3.22. The highest BCUT2D eigenvalue weighted by atomic mass is 79.9. The van der Waals surface area contributed by atoms with Gasteiger partial charge in [-0.25, -0.2) is 4.39 Å². The van der Waals surface area contributed by atoms with Crippen LogP contribution in [0.25, 0.3) is 0 Å². The van der Waals surface area contributed by atoms with Gasteiger partial charge in [-0.1, -0.05) is 36.7 Å². The molecule has 1 nitrogen and oxygen atoms in total. The molecule has 1 heterocycles. The summed E-state index contributed by atoms with van der Waals surface area (Å²) >= 11 is 3.53. The van der Waals surface area contributed by atoms with E-state index in [1.165, 1.54) is 12.5 Å². The highest BCUT2D eigenvalue weighted by Gasteiger charge is 2.43. The predicted octanol–water partition coefficient (Wildman–Crippen LogP) is 4.30. The molecule has 18 heavy (non-hydrogen) atoms. The van der Waals surface area contributed by atoms with E-state index in [0.29, 0.717) is 0 Å². The Morgan fingerprint density at radius 2 is 2.11 bits per heavy atom. The van der Waals surface area contributed by atoms with E-state index in [9.17, 15) is 4.39 Å². The number of hydrogen-bond acceptors (Lipinski definition) is 1. The van der Waals surface area contributed by atoms with E-state index in [-0.39, 0.29) is 16.8 Å². The first kappa shape index (κ1) is 14.0. The molecule has 2 rings (SSSR count). The quantitative estimate of drug-likeness (QED) is 0.858. The van der Waals surface area contributed by atoms with Crippen molar-refractivity contribution in [2.24, 2.45) is 5.41 Å². The third-order valence-electron chi connectivity index (χ3n) is 4.18. The van der Waals surface area contributed by atoms with Crippen molar-refractivity contribution in [3.05, 3.63) is 34.1 Å². The highest BCUT2D eigenvalue weighted by molar-refractivity contribution is 9.10. The molecular formula is C15H21BrFN. The molecule has 3 heteroatoms. The summed E-state index contributed by atoms with van der Waals surface area (Å²) in [5.41, 5.74) is 1.29. The molecule has 1 aromatic rings. The number of hydrogen-bond donors (Lipinski definition) is 1. The van der Waals surface area contributed by atoms with Crippen LogP contribution < -0.4 is 5.32 Å². The molecule has 0 bridgehead atoms. The minimum absolute atomic E-state index is 0.0727. The maximum Gasteiger partial charge on any atom is 0.123 e. The van der Waals surface area contributed by atoms with Crippen LogP contribution in [0.4, 0.5) is 4.39 Å². The van der Waals surface area contributed by atoms with Crippen molar-refractivity contribution in [1.29, 1.82) is 0 Å². The lowest BCUT2D eigenvalue weighted by Gasteiger charge is -2.43. The predicted molar refractivity (Wildman–Crippen MR) is 77.2 cm³/mol. The fourth-order valence-corrected chi connectivity index (χ4v) is 3.25. The Morgan fingerprint density at radius 3 is 2.67 bits per heavy atom. The molecule has 0 saturated carbocycles. The van der Waals surface area contributed by atoms with Crippen molar-refractivity contribution in [3.8, 4) is 0 Å². The number of nitrogens with one attached hydrogen (secondary N) is 1. The molecule has 100 valence electrons. The van der Waals surface area contributed by atoms with Crippen molar-refractivity contribution in [1.82, 2.24) is 5.32 Å². The van der Waals surface area contributed by atoms with E-state index in [1.807, 2.05) is 0 Å². The van der Waals surface area contributed by atoms with Gasteiger partial charge in [-0.05, 0) is 55.0 Å². The first-order valence-corrected chi connectivity index (χ1v) is 7.32. The molecule has 0 amide bonds. The van der Waals surface area contributed by atoms with E-state index >= 15 is 0 Å². The molecular weight excluding hydrogens is 293 g/mol. The SMILES string of the molecule is CC(C)(C)C1(Cc2cc(F)ccc2Br)CCCN1. The molecule has 1 aliphatic rings. The lowest BCUT2D eigenvalue weighted by atomic mass is 9.69. The standard InChI is InChI=1S/C15H21BrFN/c1-14(2,3)15(7-4-8-18-15)10-11-9-12(17)5-6-13(11)16/h5-6,9,18H,4,7-8,10H2,1-3H3. The zero-order valence-corrected chi connectivity index (χ0v) is 12.9. The largest absolute Gasteiger partial charge is 0.310 e. The second-order valence-electron chi connectivity index (χ2n) is 6.27. The molecule has 1 unspecified atom stereocenters. The smallest absolute Gasteiger partial charge is 0.123 e. The summed E-state index contributed by atoms with van der Waals surface area (Å²) in [6.45, 7) is 7.85.